The summed E-state index contributed by atoms with van der Waals surface area (Å²) >= 11 is 6.87. The van der Waals surface area contributed by atoms with Crippen molar-refractivity contribution >= 4 is 50.7 Å². The van der Waals surface area contributed by atoms with Crippen LogP contribution in [0.3, 0.4) is 0 Å². The van der Waals surface area contributed by atoms with Gasteiger partial charge < -0.3 is 10.4 Å². The number of anilines is 1. The first-order chi connectivity index (χ1) is 14.0. The number of hydrogen-bond acceptors (Lipinski definition) is 5. The van der Waals surface area contributed by atoms with Crippen LogP contribution >= 0.6 is 22.9 Å². The lowest BCUT2D eigenvalue weighted by Gasteiger charge is -2.14. The molecule has 0 spiro atoms. The Balaban J connectivity index is 1.97. The number of aromatic nitrogens is 2. The van der Waals surface area contributed by atoms with Crippen molar-refractivity contribution in [3.05, 3.63) is 55.9 Å². The number of alkyl halides is 3. The third kappa shape index (κ3) is 4.17. The number of halogens is 4. The first-order valence-electron chi connectivity index (χ1n) is 8.43. The molecule has 0 saturated heterocycles. The Morgan fingerprint density at radius 2 is 2.03 bits per heavy atom. The van der Waals surface area contributed by atoms with Crippen molar-refractivity contribution in [2.24, 2.45) is 0 Å². The van der Waals surface area contributed by atoms with E-state index in [1.165, 1.54) is 5.38 Å². The predicted molar refractivity (Wildman–Crippen MR) is 105 cm³/mol. The van der Waals surface area contributed by atoms with E-state index in [9.17, 15) is 32.7 Å². The van der Waals surface area contributed by atoms with Gasteiger partial charge in [-0.3, -0.25) is 14.2 Å². The molecule has 0 radical (unpaired) electrons. The van der Waals surface area contributed by atoms with Gasteiger partial charge in [-0.15, -0.1) is 11.3 Å². The van der Waals surface area contributed by atoms with Crippen LogP contribution in [0, 0.1) is 0 Å². The zero-order chi connectivity index (χ0) is 22.2. The summed E-state index contributed by atoms with van der Waals surface area (Å²) in [6.45, 7) is 1.11. The standard InChI is InChI=1S/C18H13ClF3N3O4S/c1-2-12-24-15-14(9(7-30-15)17(28)29)16(27)25(12)6-13(26)23-11-5-8(18(20,21)22)3-4-10(11)19/h3-5,7H,2,6H2,1H3,(H,23,26)(H,28,29). The molecule has 0 unspecified atom stereocenters. The molecule has 158 valence electrons. The highest BCUT2D eigenvalue weighted by molar-refractivity contribution is 7.17. The van der Waals surface area contributed by atoms with Gasteiger partial charge in [0.2, 0.25) is 5.91 Å². The summed E-state index contributed by atoms with van der Waals surface area (Å²) < 4.78 is 39.7. The van der Waals surface area contributed by atoms with E-state index < -0.39 is 35.7 Å². The van der Waals surface area contributed by atoms with E-state index in [4.69, 9.17) is 11.6 Å². The molecule has 0 fully saturated rings. The number of aryl methyl sites for hydroxylation is 1. The van der Waals surface area contributed by atoms with Gasteiger partial charge in [0, 0.05) is 11.8 Å². The number of hydrogen-bond donors (Lipinski definition) is 2. The first kappa shape index (κ1) is 21.8. The number of amides is 1. The Labute approximate surface area is 175 Å². The van der Waals surface area contributed by atoms with E-state index in [2.05, 4.69) is 10.3 Å². The van der Waals surface area contributed by atoms with Gasteiger partial charge in [-0.2, -0.15) is 13.2 Å². The van der Waals surface area contributed by atoms with Gasteiger partial charge >= 0.3 is 12.1 Å². The van der Waals surface area contributed by atoms with E-state index >= 15 is 0 Å². The Morgan fingerprint density at radius 1 is 1.33 bits per heavy atom. The van der Waals surface area contributed by atoms with E-state index in [-0.39, 0.29) is 38.7 Å². The largest absolute Gasteiger partial charge is 0.478 e. The second-order valence-corrected chi connectivity index (χ2v) is 7.41. The van der Waals surface area contributed by atoms with Gasteiger partial charge in [0.05, 0.1) is 27.2 Å². The van der Waals surface area contributed by atoms with Gasteiger partial charge in [0.15, 0.2) is 0 Å². The van der Waals surface area contributed by atoms with Gasteiger partial charge in [0.1, 0.15) is 17.2 Å². The molecule has 2 heterocycles. The number of nitrogens with zero attached hydrogens (tertiary/aromatic N) is 2. The van der Waals surface area contributed by atoms with Crippen LogP contribution < -0.4 is 10.9 Å². The molecule has 1 aromatic carbocycles. The Kier molecular flexibility index (Phi) is 5.86. The number of benzene rings is 1. The maximum Gasteiger partial charge on any atom is 0.416 e. The van der Waals surface area contributed by atoms with Gasteiger partial charge in [-0.05, 0) is 18.2 Å². The molecule has 0 saturated carbocycles. The van der Waals surface area contributed by atoms with Crippen LogP contribution in [0.5, 0.6) is 0 Å². The minimum absolute atomic E-state index is 0.112. The van der Waals surface area contributed by atoms with Gasteiger partial charge in [0.25, 0.3) is 5.56 Å². The van der Waals surface area contributed by atoms with Crippen LogP contribution in [0.4, 0.5) is 18.9 Å². The number of carboxylic acid groups (broad SMARTS) is 1. The fraction of sp³-hybridized carbons (Fsp3) is 0.222. The van der Waals surface area contributed by atoms with Crippen molar-refractivity contribution in [2.45, 2.75) is 26.1 Å². The summed E-state index contributed by atoms with van der Waals surface area (Å²) in [5, 5.41) is 12.6. The van der Waals surface area contributed by atoms with Gasteiger partial charge in [-0.25, -0.2) is 9.78 Å². The highest BCUT2D eigenvalue weighted by Gasteiger charge is 2.31. The molecule has 3 rings (SSSR count). The van der Waals surface area contributed by atoms with E-state index in [0.717, 1.165) is 28.0 Å². The van der Waals surface area contributed by atoms with Crippen molar-refractivity contribution in [3.8, 4) is 0 Å². The Morgan fingerprint density at radius 3 is 2.63 bits per heavy atom. The first-order valence-corrected chi connectivity index (χ1v) is 9.69. The smallest absolute Gasteiger partial charge is 0.416 e. The molecule has 0 atom stereocenters. The van der Waals surface area contributed by atoms with Crippen LogP contribution in [0.15, 0.2) is 28.4 Å². The topological polar surface area (TPSA) is 101 Å². The maximum atomic E-state index is 12.9. The molecule has 2 aromatic heterocycles. The monoisotopic (exact) mass is 459 g/mol. The van der Waals surface area contributed by atoms with Crippen LogP contribution in [0.25, 0.3) is 10.2 Å². The number of thiophene rings is 1. The molecule has 0 aliphatic rings. The average molecular weight is 460 g/mol. The van der Waals surface area contributed by atoms with Crippen LogP contribution in [-0.2, 0) is 23.9 Å². The van der Waals surface area contributed by atoms with E-state index in [0.29, 0.717) is 6.07 Å². The summed E-state index contributed by atoms with van der Waals surface area (Å²) in [4.78, 5) is 41.1. The van der Waals surface area contributed by atoms with Crippen LogP contribution in [-0.4, -0.2) is 26.5 Å². The quantitative estimate of drug-likeness (QED) is 0.600. The summed E-state index contributed by atoms with van der Waals surface area (Å²) in [6, 6.07) is 2.47. The molecule has 12 heteroatoms. The minimum atomic E-state index is -4.63. The molecule has 30 heavy (non-hydrogen) atoms. The second-order valence-electron chi connectivity index (χ2n) is 6.15. The molecule has 0 bridgehead atoms. The van der Waals surface area contributed by atoms with Crippen molar-refractivity contribution in [1.29, 1.82) is 0 Å². The SMILES string of the molecule is CCc1nc2scc(C(=O)O)c2c(=O)n1CC(=O)Nc1cc(C(F)(F)F)ccc1Cl. The molecule has 2 N–H and O–H groups in total. The van der Waals surface area contributed by atoms with Crippen LogP contribution in [0.1, 0.15) is 28.7 Å². The molecular weight excluding hydrogens is 447 g/mol. The third-order valence-corrected chi connectivity index (χ3v) is 5.39. The molecule has 0 aliphatic carbocycles. The summed E-state index contributed by atoms with van der Waals surface area (Å²) in [7, 11) is 0. The molecule has 3 aromatic rings. The fourth-order valence-corrected chi connectivity index (χ4v) is 3.87. The summed E-state index contributed by atoms with van der Waals surface area (Å²) in [6.07, 6.45) is -4.36. The second kappa shape index (κ2) is 8.07. The minimum Gasteiger partial charge on any atom is -0.478 e. The lowest BCUT2D eigenvalue weighted by Crippen LogP contribution is -2.31. The van der Waals surface area contributed by atoms with Gasteiger partial charge in [-0.1, -0.05) is 18.5 Å². The lowest BCUT2D eigenvalue weighted by molar-refractivity contribution is -0.137. The van der Waals surface area contributed by atoms with Crippen molar-refractivity contribution < 1.29 is 27.9 Å². The van der Waals surface area contributed by atoms with Crippen molar-refractivity contribution in [3.63, 3.8) is 0 Å². The number of carbonyl (C=O) groups is 2. The number of rotatable bonds is 5. The Bertz CT molecular complexity index is 1220. The third-order valence-electron chi connectivity index (χ3n) is 4.19. The summed E-state index contributed by atoms with van der Waals surface area (Å²) in [5.74, 6) is -1.89. The van der Waals surface area contributed by atoms with E-state index in [1.54, 1.807) is 6.92 Å². The fourth-order valence-electron chi connectivity index (χ4n) is 2.79. The normalized spacial score (nSPS) is 11.6. The van der Waals surface area contributed by atoms with Crippen molar-refractivity contribution in [1.82, 2.24) is 9.55 Å². The Hall–Kier alpha value is -2.92. The number of carbonyl (C=O) groups excluding carboxylic acids is 1. The lowest BCUT2D eigenvalue weighted by atomic mass is 10.2. The zero-order valence-corrected chi connectivity index (χ0v) is 16.8. The maximum absolute atomic E-state index is 12.9. The number of nitrogens with one attached hydrogen (secondary N) is 1. The molecule has 7 nitrogen and oxygen atoms in total. The number of carboxylic acids is 1. The average Bonchev–Trinajstić information content (AvgIpc) is 3.09. The van der Waals surface area contributed by atoms with Crippen molar-refractivity contribution in [2.75, 3.05) is 5.32 Å². The molecule has 0 aliphatic heterocycles. The molecule has 1 amide bonds. The predicted octanol–water partition coefficient (Wildman–Crippen LogP) is 4.03. The number of fused-ring (bicyclic) bond motifs is 1. The number of aromatic carboxylic acids is 1. The van der Waals surface area contributed by atoms with Crippen LogP contribution in [0.2, 0.25) is 5.02 Å². The van der Waals surface area contributed by atoms with E-state index in [1.807, 2.05) is 0 Å². The molecular formula is C18H13ClF3N3O4S. The highest BCUT2D eigenvalue weighted by Crippen LogP contribution is 2.33. The zero-order valence-electron chi connectivity index (χ0n) is 15.2. The highest BCUT2D eigenvalue weighted by atomic mass is 35.5. The summed E-state index contributed by atoms with van der Waals surface area (Å²) in [5.41, 5.74) is -2.22.